The van der Waals surface area contributed by atoms with Crippen LogP contribution in [0.3, 0.4) is 0 Å². The molecule has 4 rings (SSSR count). The van der Waals surface area contributed by atoms with E-state index in [-0.39, 0.29) is 35.1 Å². The summed E-state index contributed by atoms with van der Waals surface area (Å²) in [5.41, 5.74) is 5.17. The van der Waals surface area contributed by atoms with Crippen molar-refractivity contribution >= 4 is 29.1 Å². The van der Waals surface area contributed by atoms with Crippen LogP contribution in [0.4, 0.5) is 5.69 Å². The maximum Gasteiger partial charge on any atom is 0.259 e. The summed E-state index contributed by atoms with van der Waals surface area (Å²) in [6, 6.07) is 6.88. The smallest absolute Gasteiger partial charge is 0.259 e. The van der Waals surface area contributed by atoms with Crippen molar-refractivity contribution in [2.24, 2.45) is 21.8 Å². The van der Waals surface area contributed by atoms with Crippen molar-refractivity contribution in [1.29, 1.82) is 0 Å². The average molecular weight is 411 g/mol. The Kier molecular flexibility index (Phi) is 5.16. The van der Waals surface area contributed by atoms with Gasteiger partial charge in [-0.3, -0.25) is 14.4 Å². The summed E-state index contributed by atoms with van der Waals surface area (Å²) >= 11 is 0. The standard InChI is InChI=1S/C23H30N4O3/c1-22(2)16-10-11-23(22,3)18(13-16)25-26-19(28)14-24-21(30)15-6-8-17(9-7-15)27-12-4-5-20(27)29/h6-9,16H,4-5,10-14H2,1-3H3,(H,24,30)(H,26,28)/b25-18+/t16-,23-/m0/s1. The van der Waals surface area contributed by atoms with Crippen LogP contribution in [0.15, 0.2) is 29.4 Å². The number of hydrogen-bond donors (Lipinski definition) is 2. The van der Waals surface area contributed by atoms with Crippen molar-refractivity contribution in [2.45, 2.75) is 52.9 Å². The van der Waals surface area contributed by atoms with Crippen LogP contribution in [0.5, 0.6) is 0 Å². The fraction of sp³-hybridized carbons (Fsp3) is 0.565. The van der Waals surface area contributed by atoms with E-state index in [1.807, 2.05) is 0 Å². The molecule has 1 saturated heterocycles. The van der Waals surface area contributed by atoms with Crippen LogP contribution in [-0.2, 0) is 9.59 Å². The van der Waals surface area contributed by atoms with Crippen LogP contribution in [0.2, 0.25) is 0 Å². The molecule has 0 aromatic heterocycles. The van der Waals surface area contributed by atoms with Gasteiger partial charge in [0.1, 0.15) is 0 Å². The second kappa shape index (κ2) is 7.52. The average Bonchev–Trinajstić information content (AvgIpc) is 3.31. The van der Waals surface area contributed by atoms with E-state index in [0.29, 0.717) is 24.4 Å². The Morgan fingerprint density at radius 3 is 2.50 bits per heavy atom. The summed E-state index contributed by atoms with van der Waals surface area (Å²) in [7, 11) is 0. The molecule has 2 N–H and O–H groups in total. The van der Waals surface area contributed by atoms with Gasteiger partial charge in [-0.25, -0.2) is 5.43 Å². The number of fused-ring (bicyclic) bond motifs is 2. The molecule has 1 heterocycles. The lowest BCUT2D eigenvalue weighted by Crippen LogP contribution is -2.37. The third-order valence-corrected chi connectivity index (χ3v) is 7.75. The molecule has 7 nitrogen and oxygen atoms in total. The first-order valence-corrected chi connectivity index (χ1v) is 10.8. The largest absolute Gasteiger partial charge is 0.343 e. The molecule has 0 unspecified atom stereocenters. The predicted octanol–water partition coefficient (Wildman–Crippen LogP) is 2.86. The van der Waals surface area contributed by atoms with Crippen molar-refractivity contribution in [3.63, 3.8) is 0 Å². The van der Waals surface area contributed by atoms with Crippen molar-refractivity contribution in [3.8, 4) is 0 Å². The highest BCUT2D eigenvalue weighted by Gasteiger charge is 2.60. The molecule has 1 aromatic rings. The first-order chi connectivity index (χ1) is 14.2. The molecule has 30 heavy (non-hydrogen) atoms. The first kappa shape index (κ1) is 20.6. The number of rotatable bonds is 5. The van der Waals surface area contributed by atoms with Gasteiger partial charge < -0.3 is 10.2 Å². The maximum absolute atomic E-state index is 12.3. The van der Waals surface area contributed by atoms with E-state index in [0.717, 1.165) is 30.7 Å². The lowest BCUT2D eigenvalue weighted by molar-refractivity contribution is -0.120. The summed E-state index contributed by atoms with van der Waals surface area (Å²) in [5.74, 6) is 0.0688. The van der Waals surface area contributed by atoms with Crippen LogP contribution in [0.25, 0.3) is 0 Å². The van der Waals surface area contributed by atoms with Crippen molar-refractivity contribution in [2.75, 3.05) is 18.0 Å². The number of benzene rings is 1. The molecule has 3 aliphatic rings. The minimum Gasteiger partial charge on any atom is -0.343 e. The van der Waals surface area contributed by atoms with E-state index in [4.69, 9.17) is 0 Å². The van der Waals surface area contributed by atoms with E-state index in [9.17, 15) is 14.4 Å². The SMILES string of the molecule is CC1(C)[C@H]2CC[C@@]1(C)/C(=N/NC(=O)CNC(=O)c1ccc(N3CCCC3=O)cc1)C2. The second-order valence-electron chi connectivity index (χ2n) is 9.47. The van der Waals surface area contributed by atoms with Crippen LogP contribution >= 0.6 is 0 Å². The molecule has 1 aliphatic heterocycles. The van der Waals surface area contributed by atoms with Gasteiger partial charge in [0.05, 0.1) is 6.54 Å². The fourth-order valence-electron chi connectivity index (χ4n) is 5.24. The van der Waals surface area contributed by atoms with Crippen molar-refractivity contribution < 1.29 is 14.4 Å². The zero-order valence-corrected chi connectivity index (χ0v) is 18.0. The van der Waals surface area contributed by atoms with Crippen LogP contribution in [0, 0.1) is 16.7 Å². The molecule has 2 atom stereocenters. The molecule has 1 aromatic carbocycles. The van der Waals surface area contributed by atoms with Gasteiger partial charge in [0.25, 0.3) is 11.8 Å². The minimum atomic E-state index is -0.334. The summed E-state index contributed by atoms with van der Waals surface area (Å²) in [6.07, 6.45) is 4.69. The van der Waals surface area contributed by atoms with Gasteiger partial charge in [-0.05, 0) is 61.3 Å². The minimum absolute atomic E-state index is 0.0344. The summed E-state index contributed by atoms with van der Waals surface area (Å²) in [5, 5.41) is 7.05. The molecular weight excluding hydrogens is 380 g/mol. The summed E-state index contributed by atoms with van der Waals surface area (Å²) in [4.78, 5) is 38.1. The number of nitrogens with zero attached hydrogens (tertiary/aromatic N) is 2. The van der Waals surface area contributed by atoms with Gasteiger partial charge in [-0.2, -0.15) is 5.10 Å². The number of amides is 3. The topological polar surface area (TPSA) is 90.9 Å². The number of anilines is 1. The molecule has 3 amide bonds. The number of carbonyl (C=O) groups is 3. The van der Waals surface area contributed by atoms with Crippen molar-refractivity contribution in [1.82, 2.24) is 10.7 Å². The Balaban J connectivity index is 1.29. The summed E-state index contributed by atoms with van der Waals surface area (Å²) < 4.78 is 0. The molecule has 2 aliphatic carbocycles. The Bertz CT molecular complexity index is 906. The van der Waals surface area contributed by atoms with Crippen molar-refractivity contribution in [3.05, 3.63) is 29.8 Å². The van der Waals surface area contributed by atoms with Gasteiger partial charge in [-0.15, -0.1) is 0 Å². The zero-order chi connectivity index (χ0) is 21.5. The van der Waals surface area contributed by atoms with Gasteiger partial charge in [0.2, 0.25) is 5.91 Å². The molecule has 3 fully saturated rings. The zero-order valence-electron chi connectivity index (χ0n) is 18.0. The number of carbonyl (C=O) groups excluding carboxylic acids is 3. The fourth-order valence-corrected chi connectivity index (χ4v) is 5.24. The Morgan fingerprint density at radius 2 is 1.93 bits per heavy atom. The van der Waals surface area contributed by atoms with E-state index in [1.54, 1.807) is 29.2 Å². The highest BCUT2D eigenvalue weighted by molar-refractivity contribution is 5.99. The Labute approximate surface area is 177 Å². The first-order valence-electron chi connectivity index (χ1n) is 10.8. The Morgan fingerprint density at radius 1 is 1.20 bits per heavy atom. The molecule has 0 spiro atoms. The molecule has 0 radical (unpaired) electrons. The molecular formula is C23H30N4O3. The third kappa shape index (κ3) is 3.40. The highest BCUT2D eigenvalue weighted by atomic mass is 16.2. The van der Waals surface area contributed by atoms with Gasteiger partial charge in [-0.1, -0.05) is 20.8 Å². The predicted molar refractivity (Wildman–Crippen MR) is 115 cm³/mol. The molecule has 2 saturated carbocycles. The number of hydrazone groups is 1. The summed E-state index contributed by atoms with van der Waals surface area (Å²) in [6.45, 7) is 7.40. The molecule has 160 valence electrons. The quantitative estimate of drug-likeness (QED) is 0.732. The third-order valence-electron chi connectivity index (χ3n) is 7.75. The van der Waals surface area contributed by atoms with Gasteiger partial charge >= 0.3 is 0 Å². The normalized spacial score (nSPS) is 28.2. The van der Waals surface area contributed by atoms with Gasteiger partial charge in [0.15, 0.2) is 0 Å². The maximum atomic E-state index is 12.3. The molecule has 2 bridgehead atoms. The van der Waals surface area contributed by atoms with E-state index in [1.165, 1.54) is 6.42 Å². The lowest BCUT2D eigenvalue weighted by atomic mass is 9.70. The Hall–Kier alpha value is -2.70. The van der Waals surface area contributed by atoms with Crippen LogP contribution in [-0.4, -0.2) is 36.5 Å². The van der Waals surface area contributed by atoms with Gasteiger partial charge in [0, 0.05) is 35.3 Å². The van der Waals surface area contributed by atoms with Crippen LogP contribution in [0.1, 0.15) is 63.2 Å². The lowest BCUT2D eigenvalue weighted by Gasteiger charge is -2.34. The highest BCUT2D eigenvalue weighted by Crippen LogP contribution is 2.63. The van der Waals surface area contributed by atoms with E-state index < -0.39 is 0 Å². The molecule has 7 heteroatoms. The monoisotopic (exact) mass is 410 g/mol. The van der Waals surface area contributed by atoms with Crippen LogP contribution < -0.4 is 15.6 Å². The number of hydrogen-bond acceptors (Lipinski definition) is 4. The van der Waals surface area contributed by atoms with E-state index >= 15 is 0 Å². The van der Waals surface area contributed by atoms with E-state index in [2.05, 4.69) is 36.6 Å². The number of nitrogens with one attached hydrogen (secondary N) is 2. The second-order valence-corrected chi connectivity index (χ2v) is 9.47.